The van der Waals surface area contributed by atoms with Gasteiger partial charge in [-0.1, -0.05) is 51.9 Å². The van der Waals surface area contributed by atoms with Crippen LogP contribution in [0.4, 0.5) is 10.5 Å². The Balaban J connectivity index is 2.01. The minimum atomic E-state index is -0.395. The van der Waals surface area contributed by atoms with Crippen LogP contribution in [0.3, 0.4) is 0 Å². The van der Waals surface area contributed by atoms with E-state index in [-0.39, 0.29) is 0 Å². The first-order chi connectivity index (χ1) is 10.8. The third-order valence-electron chi connectivity index (χ3n) is 3.57. The molecule has 1 rings (SSSR count). The molecule has 0 aliphatic rings. The molecule has 0 heterocycles. The number of carbonyl (C=O) groups excluding carboxylic acids is 1. The van der Waals surface area contributed by atoms with Gasteiger partial charge >= 0.3 is 6.09 Å². The van der Waals surface area contributed by atoms with E-state index in [9.17, 15) is 4.79 Å². The number of anilines is 1. The van der Waals surface area contributed by atoms with E-state index >= 15 is 0 Å². The van der Waals surface area contributed by atoms with Gasteiger partial charge in [0.05, 0.1) is 13.7 Å². The van der Waals surface area contributed by atoms with Crippen molar-refractivity contribution in [3.05, 3.63) is 24.3 Å². The molecular weight excluding hydrogens is 278 g/mol. The highest BCUT2D eigenvalue weighted by atomic mass is 16.5. The van der Waals surface area contributed by atoms with Crippen LogP contribution in [0.5, 0.6) is 5.75 Å². The molecule has 1 amide bonds. The predicted octanol–water partition coefficient (Wildman–Crippen LogP) is 5.38. The highest BCUT2D eigenvalue weighted by Gasteiger charge is 2.03. The number of amides is 1. The number of unbranched alkanes of at least 4 members (excludes halogenated alkanes) is 7. The Kier molecular flexibility index (Phi) is 9.92. The summed E-state index contributed by atoms with van der Waals surface area (Å²) >= 11 is 0. The topological polar surface area (TPSA) is 47.6 Å². The number of benzene rings is 1. The molecule has 0 aromatic heterocycles. The Labute approximate surface area is 134 Å². The molecule has 0 radical (unpaired) electrons. The van der Waals surface area contributed by atoms with E-state index in [1.54, 1.807) is 31.4 Å². The quantitative estimate of drug-likeness (QED) is 0.558. The van der Waals surface area contributed by atoms with Crippen molar-refractivity contribution in [1.29, 1.82) is 0 Å². The number of hydrogen-bond donors (Lipinski definition) is 1. The molecule has 0 aliphatic carbocycles. The second-order valence-electron chi connectivity index (χ2n) is 5.46. The van der Waals surface area contributed by atoms with Crippen molar-refractivity contribution in [2.45, 2.75) is 58.3 Å². The lowest BCUT2D eigenvalue weighted by Crippen LogP contribution is -2.14. The molecule has 0 atom stereocenters. The highest BCUT2D eigenvalue weighted by Crippen LogP contribution is 2.15. The standard InChI is InChI=1S/C18H29NO3/c1-3-4-5-6-7-8-9-10-15-22-18(20)19-16-11-13-17(21-2)14-12-16/h11-14H,3-10,15H2,1-2H3,(H,19,20). The summed E-state index contributed by atoms with van der Waals surface area (Å²) < 4.78 is 10.2. The molecule has 0 saturated carbocycles. The normalized spacial score (nSPS) is 10.3. The molecule has 0 unspecified atom stereocenters. The second kappa shape index (κ2) is 11.9. The molecule has 4 heteroatoms. The molecule has 0 aliphatic heterocycles. The molecule has 22 heavy (non-hydrogen) atoms. The molecule has 4 nitrogen and oxygen atoms in total. The molecule has 1 aromatic carbocycles. The molecule has 1 N–H and O–H groups in total. The predicted molar refractivity (Wildman–Crippen MR) is 90.6 cm³/mol. The average molecular weight is 307 g/mol. The van der Waals surface area contributed by atoms with Crippen molar-refractivity contribution >= 4 is 11.8 Å². The number of hydrogen-bond acceptors (Lipinski definition) is 3. The van der Waals surface area contributed by atoms with E-state index in [1.165, 1.54) is 38.5 Å². The van der Waals surface area contributed by atoms with Gasteiger partial charge in [-0.05, 0) is 30.7 Å². The maximum absolute atomic E-state index is 11.6. The summed E-state index contributed by atoms with van der Waals surface area (Å²) in [5.41, 5.74) is 0.710. The maximum atomic E-state index is 11.6. The molecule has 0 spiro atoms. The summed E-state index contributed by atoms with van der Waals surface area (Å²) in [6, 6.07) is 7.18. The summed E-state index contributed by atoms with van der Waals surface area (Å²) in [6.45, 7) is 2.71. The zero-order chi connectivity index (χ0) is 16.0. The van der Waals surface area contributed by atoms with Crippen LogP contribution in [-0.2, 0) is 4.74 Å². The fraction of sp³-hybridized carbons (Fsp3) is 0.611. The van der Waals surface area contributed by atoms with Crippen LogP contribution in [0.25, 0.3) is 0 Å². The van der Waals surface area contributed by atoms with E-state index in [0.29, 0.717) is 12.3 Å². The lowest BCUT2D eigenvalue weighted by Gasteiger charge is -2.07. The van der Waals surface area contributed by atoms with Crippen LogP contribution < -0.4 is 10.1 Å². The number of methoxy groups -OCH3 is 1. The van der Waals surface area contributed by atoms with Crippen LogP contribution in [0.2, 0.25) is 0 Å². The minimum Gasteiger partial charge on any atom is -0.497 e. The van der Waals surface area contributed by atoms with Crippen molar-refractivity contribution in [3.63, 3.8) is 0 Å². The van der Waals surface area contributed by atoms with E-state index in [2.05, 4.69) is 12.2 Å². The van der Waals surface area contributed by atoms with Gasteiger partial charge in [0.25, 0.3) is 0 Å². The largest absolute Gasteiger partial charge is 0.497 e. The zero-order valence-electron chi connectivity index (χ0n) is 13.9. The van der Waals surface area contributed by atoms with Crippen molar-refractivity contribution in [3.8, 4) is 5.75 Å². The Bertz CT molecular complexity index is 403. The van der Waals surface area contributed by atoms with Gasteiger partial charge in [-0.2, -0.15) is 0 Å². The van der Waals surface area contributed by atoms with Gasteiger partial charge in [-0.3, -0.25) is 5.32 Å². The van der Waals surface area contributed by atoms with Gasteiger partial charge in [0, 0.05) is 5.69 Å². The van der Waals surface area contributed by atoms with E-state index in [4.69, 9.17) is 9.47 Å². The summed E-state index contributed by atoms with van der Waals surface area (Å²) in [5, 5.41) is 2.70. The zero-order valence-corrected chi connectivity index (χ0v) is 13.9. The Morgan fingerprint density at radius 2 is 1.55 bits per heavy atom. The van der Waals surface area contributed by atoms with E-state index in [0.717, 1.165) is 18.6 Å². The summed E-state index contributed by atoms with van der Waals surface area (Å²) in [4.78, 5) is 11.6. The van der Waals surface area contributed by atoms with Crippen LogP contribution in [-0.4, -0.2) is 19.8 Å². The SMILES string of the molecule is CCCCCCCCCCOC(=O)Nc1ccc(OC)cc1. The van der Waals surface area contributed by atoms with Gasteiger partial charge in [-0.15, -0.1) is 0 Å². The number of nitrogens with one attached hydrogen (secondary N) is 1. The molecule has 0 bridgehead atoms. The van der Waals surface area contributed by atoms with Gasteiger partial charge in [0.2, 0.25) is 0 Å². The molecule has 124 valence electrons. The molecule has 0 saturated heterocycles. The van der Waals surface area contributed by atoms with Gasteiger partial charge in [-0.25, -0.2) is 4.79 Å². The molecular formula is C18H29NO3. The fourth-order valence-electron chi connectivity index (χ4n) is 2.23. The summed E-state index contributed by atoms with van der Waals surface area (Å²) in [7, 11) is 1.61. The first-order valence-electron chi connectivity index (χ1n) is 8.34. The second-order valence-corrected chi connectivity index (χ2v) is 5.46. The Morgan fingerprint density at radius 1 is 0.955 bits per heavy atom. The van der Waals surface area contributed by atoms with E-state index < -0.39 is 6.09 Å². The van der Waals surface area contributed by atoms with Crippen LogP contribution in [0, 0.1) is 0 Å². The highest BCUT2D eigenvalue weighted by molar-refractivity contribution is 5.84. The number of ether oxygens (including phenoxy) is 2. The minimum absolute atomic E-state index is 0.395. The third-order valence-corrected chi connectivity index (χ3v) is 3.57. The third kappa shape index (κ3) is 8.55. The van der Waals surface area contributed by atoms with Crippen LogP contribution in [0.15, 0.2) is 24.3 Å². The van der Waals surface area contributed by atoms with Crippen molar-refractivity contribution in [1.82, 2.24) is 0 Å². The van der Waals surface area contributed by atoms with Crippen LogP contribution in [0.1, 0.15) is 58.3 Å². The fourth-order valence-corrected chi connectivity index (χ4v) is 2.23. The Hall–Kier alpha value is -1.71. The monoisotopic (exact) mass is 307 g/mol. The smallest absolute Gasteiger partial charge is 0.411 e. The van der Waals surface area contributed by atoms with Crippen molar-refractivity contribution in [2.75, 3.05) is 19.0 Å². The summed E-state index contributed by atoms with van der Waals surface area (Å²) in [5.74, 6) is 0.762. The van der Waals surface area contributed by atoms with Gasteiger partial charge in [0.1, 0.15) is 5.75 Å². The lowest BCUT2D eigenvalue weighted by molar-refractivity contribution is 0.159. The van der Waals surface area contributed by atoms with Crippen LogP contribution >= 0.6 is 0 Å². The first-order valence-corrected chi connectivity index (χ1v) is 8.34. The van der Waals surface area contributed by atoms with Crippen molar-refractivity contribution in [2.24, 2.45) is 0 Å². The first kappa shape index (κ1) is 18.3. The number of carbonyl (C=O) groups is 1. The lowest BCUT2D eigenvalue weighted by atomic mass is 10.1. The maximum Gasteiger partial charge on any atom is 0.411 e. The number of rotatable bonds is 11. The van der Waals surface area contributed by atoms with Gasteiger partial charge < -0.3 is 9.47 Å². The Morgan fingerprint density at radius 3 is 2.14 bits per heavy atom. The van der Waals surface area contributed by atoms with Gasteiger partial charge in [0.15, 0.2) is 0 Å². The van der Waals surface area contributed by atoms with Crippen molar-refractivity contribution < 1.29 is 14.3 Å². The van der Waals surface area contributed by atoms with E-state index in [1.807, 2.05) is 0 Å². The summed E-state index contributed by atoms with van der Waals surface area (Å²) in [6.07, 6.45) is 9.49. The molecule has 0 fully saturated rings. The molecule has 1 aromatic rings. The average Bonchev–Trinajstić information content (AvgIpc) is 2.54.